The predicted octanol–water partition coefficient (Wildman–Crippen LogP) is 3.06. The first-order chi connectivity index (χ1) is 10.4. The van der Waals surface area contributed by atoms with Gasteiger partial charge in [-0.2, -0.15) is 8.78 Å². The summed E-state index contributed by atoms with van der Waals surface area (Å²) in [6.45, 7) is 0.311. The molecule has 0 aliphatic carbocycles. The molecule has 0 N–H and O–H groups in total. The van der Waals surface area contributed by atoms with Gasteiger partial charge in [-0.05, 0) is 18.4 Å². The molecule has 0 amide bonds. The van der Waals surface area contributed by atoms with E-state index in [1.54, 1.807) is 13.2 Å². The maximum absolute atomic E-state index is 12.4. The number of piperidine rings is 1. The number of halogens is 2. The molecule has 1 aliphatic rings. The number of hydrogen-bond acceptors (Lipinski definition) is 5. The molecule has 2 rings (SSSR count). The lowest BCUT2D eigenvalue weighted by atomic mass is 9.95. The van der Waals surface area contributed by atoms with Gasteiger partial charge in [-0.1, -0.05) is 6.92 Å². The van der Waals surface area contributed by atoms with Crippen LogP contribution in [-0.2, 0) is 4.74 Å². The topological polar surface area (TPSA) is 64.8 Å². The number of nitrogens with zero attached hydrogens (tertiary/aromatic N) is 2. The number of alkyl halides is 2. The molecule has 1 fully saturated rings. The van der Waals surface area contributed by atoms with Crippen LogP contribution in [0.3, 0.4) is 0 Å². The summed E-state index contributed by atoms with van der Waals surface area (Å²) in [5.41, 5.74) is 0.132. The molecule has 122 valence electrons. The summed E-state index contributed by atoms with van der Waals surface area (Å²) in [6.07, 6.45) is 0.920. The van der Waals surface area contributed by atoms with Gasteiger partial charge in [0.1, 0.15) is 0 Å². The van der Waals surface area contributed by atoms with Crippen LogP contribution in [0, 0.1) is 16.0 Å². The lowest BCUT2D eigenvalue weighted by Gasteiger charge is -2.37. The molecular formula is C14H18F2N2O4. The molecule has 2 unspecified atom stereocenters. The van der Waals surface area contributed by atoms with Crippen molar-refractivity contribution < 1.29 is 23.2 Å². The van der Waals surface area contributed by atoms with Crippen LogP contribution in [0.1, 0.15) is 13.3 Å². The van der Waals surface area contributed by atoms with Crippen molar-refractivity contribution in [1.82, 2.24) is 0 Å². The van der Waals surface area contributed by atoms with Crippen LogP contribution < -0.4 is 9.64 Å². The fourth-order valence-corrected chi connectivity index (χ4v) is 2.62. The normalized spacial score (nSPS) is 22.0. The minimum absolute atomic E-state index is 0.0309. The first-order valence-electron chi connectivity index (χ1n) is 6.93. The molecule has 22 heavy (non-hydrogen) atoms. The molecule has 1 aliphatic heterocycles. The van der Waals surface area contributed by atoms with E-state index < -0.39 is 23.0 Å². The molecule has 2 atom stereocenters. The Balaban J connectivity index is 2.26. The van der Waals surface area contributed by atoms with Gasteiger partial charge in [0, 0.05) is 38.0 Å². The Bertz CT molecular complexity index is 542. The molecule has 0 bridgehead atoms. The van der Waals surface area contributed by atoms with Gasteiger partial charge in [0.15, 0.2) is 0 Å². The third-order valence-electron chi connectivity index (χ3n) is 3.91. The second-order valence-corrected chi connectivity index (χ2v) is 5.27. The number of nitro benzene ring substituents is 1. The van der Waals surface area contributed by atoms with Crippen LogP contribution in [0.25, 0.3) is 0 Å². The lowest BCUT2D eigenvalue weighted by Crippen LogP contribution is -2.43. The predicted molar refractivity (Wildman–Crippen MR) is 76.5 cm³/mol. The Hall–Kier alpha value is -1.96. The maximum Gasteiger partial charge on any atom is 0.387 e. The summed E-state index contributed by atoms with van der Waals surface area (Å²) in [4.78, 5) is 12.1. The zero-order valence-electron chi connectivity index (χ0n) is 12.4. The summed E-state index contributed by atoms with van der Waals surface area (Å²) in [6, 6.07) is 4.01. The molecule has 1 saturated heterocycles. The van der Waals surface area contributed by atoms with Crippen molar-refractivity contribution in [3.05, 3.63) is 28.3 Å². The van der Waals surface area contributed by atoms with Crippen molar-refractivity contribution in [3.8, 4) is 5.75 Å². The average Bonchev–Trinajstić information content (AvgIpc) is 2.46. The Morgan fingerprint density at radius 1 is 1.45 bits per heavy atom. The van der Waals surface area contributed by atoms with Gasteiger partial charge in [-0.25, -0.2) is 0 Å². The van der Waals surface area contributed by atoms with E-state index in [2.05, 4.69) is 11.7 Å². The summed E-state index contributed by atoms with van der Waals surface area (Å²) >= 11 is 0. The van der Waals surface area contributed by atoms with Crippen molar-refractivity contribution in [2.75, 3.05) is 25.1 Å². The standard InChI is InChI=1S/C14H18F2N2O4/c1-9-5-6-17(8-13(9)21-2)10-3-4-11(18(19)20)12(7-10)22-14(15)16/h3-4,7,9,13-14H,5-6,8H2,1-2H3. The Kier molecular flexibility index (Phi) is 5.12. The lowest BCUT2D eigenvalue weighted by molar-refractivity contribution is -0.386. The second-order valence-electron chi connectivity index (χ2n) is 5.27. The molecule has 0 radical (unpaired) electrons. The molecule has 1 aromatic carbocycles. The number of ether oxygens (including phenoxy) is 2. The highest BCUT2D eigenvalue weighted by Crippen LogP contribution is 2.34. The Labute approximate surface area is 126 Å². The summed E-state index contributed by atoms with van der Waals surface area (Å²) in [7, 11) is 1.63. The minimum Gasteiger partial charge on any atom is -0.427 e. The SMILES string of the molecule is COC1CN(c2ccc([N+](=O)[O-])c(OC(F)F)c2)CCC1C. The molecule has 0 aromatic heterocycles. The van der Waals surface area contributed by atoms with E-state index in [0.717, 1.165) is 13.0 Å². The van der Waals surface area contributed by atoms with E-state index in [1.165, 1.54) is 12.1 Å². The van der Waals surface area contributed by atoms with E-state index in [9.17, 15) is 18.9 Å². The smallest absolute Gasteiger partial charge is 0.387 e. The van der Waals surface area contributed by atoms with Crippen molar-refractivity contribution in [3.63, 3.8) is 0 Å². The van der Waals surface area contributed by atoms with Gasteiger partial charge in [0.25, 0.3) is 0 Å². The van der Waals surface area contributed by atoms with E-state index >= 15 is 0 Å². The first-order valence-corrected chi connectivity index (χ1v) is 6.93. The van der Waals surface area contributed by atoms with Gasteiger partial charge in [0.05, 0.1) is 11.0 Å². The van der Waals surface area contributed by atoms with Crippen molar-refractivity contribution in [2.45, 2.75) is 26.1 Å². The number of anilines is 1. The Morgan fingerprint density at radius 2 is 2.18 bits per heavy atom. The van der Waals surface area contributed by atoms with E-state index in [0.29, 0.717) is 18.2 Å². The molecule has 0 spiro atoms. The van der Waals surface area contributed by atoms with E-state index in [-0.39, 0.29) is 6.10 Å². The maximum atomic E-state index is 12.4. The van der Waals surface area contributed by atoms with E-state index in [4.69, 9.17) is 4.74 Å². The van der Waals surface area contributed by atoms with Gasteiger partial charge in [0.2, 0.25) is 5.75 Å². The molecule has 8 heteroatoms. The molecular weight excluding hydrogens is 298 g/mol. The highest BCUT2D eigenvalue weighted by Gasteiger charge is 2.28. The average molecular weight is 316 g/mol. The fourth-order valence-electron chi connectivity index (χ4n) is 2.62. The Morgan fingerprint density at radius 3 is 2.77 bits per heavy atom. The minimum atomic E-state index is -3.11. The fraction of sp³-hybridized carbons (Fsp3) is 0.571. The van der Waals surface area contributed by atoms with Gasteiger partial charge in [-0.15, -0.1) is 0 Å². The van der Waals surface area contributed by atoms with Crippen LogP contribution in [0.5, 0.6) is 5.75 Å². The summed E-state index contributed by atoms with van der Waals surface area (Å²) in [5.74, 6) is -0.0267. The first kappa shape index (κ1) is 16.4. The highest BCUT2D eigenvalue weighted by molar-refractivity contribution is 5.59. The summed E-state index contributed by atoms with van der Waals surface area (Å²) in [5, 5.41) is 10.9. The largest absolute Gasteiger partial charge is 0.427 e. The molecule has 1 heterocycles. The molecule has 0 saturated carbocycles. The zero-order valence-corrected chi connectivity index (χ0v) is 12.4. The quantitative estimate of drug-likeness (QED) is 0.617. The van der Waals surface area contributed by atoms with Crippen LogP contribution in [0.15, 0.2) is 18.2 Å². The number of methoxy groups -OCH3 is 1. The number of nitro groups is 1. The van der Waals surface area contributed by atoms with Crippen molar-refractivity contribution >= 4 is 11.4 Å². The van der Waals surface area contributed by atoms with Crippen LogP contribution in [0.2, 0.25) is 0 Å². The number of hydrogen-bond donors (Lipinski definition) is 0. The van der Waals surface area contributed by atoms with Crippen molar-refractivity contribution in [1.29, 1.82) is 0 Å². The molecule has 1 aromatic rings. The number of rotatable bonds is 5. The zero-order chi connectivity index (χ0) is 16.3. The van der Waals surface area contributed by atoms with E-state index in [1.807, 2.05) is 4.90 Å². The monoisotopic (exact) mass is 316 g/mol. The number of benzene rings is 1. The highest BCUT2D eigenvalue weighted by atomic mass is 19.3. The summed E-state index contributed by atoms with van der Waals surface area (Å²) < 4.78 is 34.5. The van der Waals surface area contributed by atoms with Gasteiger partial charge < -0.3 is 14.4 Å². The van der Waals surface area contributed by atoms with Crippen molar-refractivity contribution in [2.24, 2.45) is 5.92 Å². The third-order valence-corrected chi connectivity index (χ3v) is 3.91. The van der Waals surface area contributed by atoms with Crippen LogP contribution in [0.4, 0.5) is 20.2 Å². The van der Waals surface area contributed by atoms with Crippen LogP contribution >= 0.6 is 0 Å². The second kappa shape index (κ2) is 6.87. The van der Waals surface area contributed by atoms with Gasteiger partial charge >= 0.3 is 12.3 Å². The third kappa shape index (κ3) is 3.62. The van der Waals surface area contributed by atoms with Crippen LogP contribution in [-0.4, -0.2) is 37.8 Å². The molecule has 6 nitrogen and oxygen atoms in total. The van der Waals surface area contributed by atoms with Gasteiger partial charge in [-0.3, -0.25) is 10.1 Å².